The molecule has 1 fully saturated rings. The van der Waals surface area contributed by atoms with Crippen molar-refractivity contribution in [1.29, 1.82) is 0 Å². The lowest BCUT2D eigenvalue weighted by Crippen LogP contribution is -2.41. The third-order valence-corrected chi connectivity index (χ3v) is 3.90. The van der Waals surface area contributed by atoms with Gasteiger partial charge in [0.25, 0.3) is 5.91 Å². The van der Waals surface area contributed by atoms with Gasteiger partial charge in [-0.25, -0.2) is 0 Å². The molecule has 1 aliphatic rings. The average molecular weight is 251 g/mol. The van der Waals surface area contributed by atoms with E-state index in [0.717, 1.165) is 37.0 Å². The molecule has 2 rings (SSSR count). The minimum absolute atomic E-state index is 0.151. The fourth-order valence-corrected chi connectivity index (χ4v) is 2.67. The molecule has 0 radical (unpaired) electrons. The smallest absolute Gasteiger partial charge is 0.255 e. The number of aliphatic hydroxyl groups is 1. The SMILES string of the molecule is Cc1oc(C)c(C(=O)NCC2(O)CCCC2)c1C. The van der Waals surface area contributed by atoms with Gasteiger partial charge >= 0.3 is 0 Å². The van der Waals surface area contributed by atoms with Gasteiger partial charge in [-0.2, -0.15) is 0 Å². The van der Waals surface area contributed by atoms with Gasteiger partial charge in [-0.05, 0) is 33.6 Å². The summed E-state index contributed by atoms with van der Waals surface area (Å²) < 4.78 is 5.44. The highest BCUT2D eigenvalue weighted by molar-refractivity contribution is 5.96. The third kappa shape index (κ3) is 2.43. The first-order chi connectivity index (χ1) is 8.43. The van der Waals surface area contributed by atoms with Crippen LogP contribution in [0, 0.1) is 20.8 Å². The van der Waals surface area contributed by atoms with Crippen molar-refractivity contribution in [3.63, 3.8) is 0 Å². The van der Waals surface area contributed by atoms with Crippen molar-refractivity contribution >= 4 is 5.91 Å². The molecule has 1 amide bonds. The highest BCUT2D eigenvalue weighted by atomic mass is 16.3. The van der Waals surface area contributed by atoms with Crippen LogP contribution in [0.3, 0.4) is 0 Å². The van der Waals surface area contributed by atoms with Crippen molar-refractivity contribution in [1.82, 2.24) is 5.32 Å². The molecular weight excluding hydrogens is 230 g/mol. The fraction of sp³-hybridized carbons (Fsp3) is 0.643. The Hall–Kier alpha value is -1.29. The Balaban J connectivity index is 2.04. The summed E-state index contributed by atoms with van der Waals surface area (Å²) in [5.41, 5.74) is 0.772. The monoisotopic (exact) mass is 251 g/mol. The molecule has 0 aromatic carbocycles. The zero-order chi connectivity index (χ0) is 13.3. The molecule has 0 unspecified atom stereocenters. The summed E-state index contributed by atoms with van der Waals surface area (Å²) in [5.74, 6) is 1.26. The van der Waals surface area contributed by atoms with E-state index in [1.165, 1.54) is 0 Å². The molecule has 100 valence electrons. The molecule has 1 aromatic rings. The van der Waals surface area contributed by atoms with Crippen molar-refractivity contribution < 1.29 is 14.3 Å². The largest absolute Gasteiger partial charge is 0.466 e. The van der Waals surface area contributed by atoms with E-state index < -0.39 is 5.60 Å². The highest BCUT2D eigenvalue weighted by Crippen LogP contribution is 2.29. The first kappa shape index (κ1) is 13.1. The maximum Gasteiger partial charge on any atom is 0.255 e. The highest BCUT2D eigenvalue weighted by Gasteiger charge is 2.32. The molecule has 4 heteroatoms. The second kappa shape index (κ2) is 4.76. The Morgan fingerprint density at radius 2 is 1.89 bits per heavy atom. The quantitative estimate of drug-likeness (QED) is 0.866. The van der Waals surface area contributed by atoms with E-state index in [2.05, 4.69) is 5.32 Å². The van der Waals surface area contributed by atoms with Crippen LogP contribution in [0.1, 0.15) is 53.1 Å². The molecule has 0 saturated heterocycles. The lowest BCUT2D eigenvalue weighted by Gasteiger charge is -2.22. The molecule has 18 heavy (non-hydrogen) atoms. The second-order valence-corrected chi connectivity index (χ2v) is 5.33. The number of nitrogens with one attached hydrogen (secondary N) is 1. The summed E-state index contributed by atoms with van der Waals surface area (Å²) in [6, 6.07) is 0. The molecule has 0 bridgehead atoms. The van der Waals surface area contributed by atoms with Gasteiger partial charge in [0.05, 0.1) is 11.2 Å². The minimum atomic E-state index is -0.712. The van der Waals surface area contributed by atoms with Crippen molar-refractivity contribution in [2.24, 2.45) is 0 Å². The normalized spacial score (nSPS) is 18.0. The zero-order valence-corrected chi connectivity index (χ0v) is 11.3. The third-order valence-electron chi connectivity index (χ3n) is 3.90. The Kier molecular flexibility index (Phi) is 3.48. The number of furan rings is 1. The molecule has 0 atom stereocenters. The number of amides is 1. The predicted molar refractivity (Wildman–Crippen MR) is 68.7 cm³/mol. The van der Waals surface area contributed by atoms with Gasteiger partial charge in [0, 0.05) is 12.1 Å². The van der Waals surface area contributed by atoms with E-state index >= 15 is 0 Å². The number of hydrogen-bond donors (Lipinski definition) is 2. The van der Waals surface area contributed by atoms with Gasteiger partial charge < -0.3 is 14.8 Å². The summed E-state index contributed by atoms with van der Waals surface area (Å²) in [6.07, 6.45) is 3.62. The van der Waals surface area contributed by atoms with E-state index in [9.17, 15) is 9.90 Å². The Bertz CT molecular complexity index is 456. The van der Waals surface area contributed by atoms with Crippen molar-refractivity contribution in [3.05, 3.63) is 22.6 Å². The van der Waals surface area contributed by atoms with Crippen LogP contribution in [0.5, 0.6) is 0 Å². The maximum absolute atomic E-state index is 12.1. The number of aryl methyl sites for hydroxylation is 2. The molecule has 1 aromatic heterocycles. The fourth-order valence-electron chi connectivity index (χ4n) is 2.67. The summed E-state index contributed by atoms with van der Waals surface area (Å²) in [6.45, 7) is 5.85. The molecule has 2 N–H and O–H groups in total. The first-order valence-electron chi connectivity index (χ1n) is 6.50. The van der Waals surface area contributed by atoms with Gasteiger partial charge in [-0.15, -0.1) is 0 Å². The average Bonchev–Trinajstić information content (AvgIpc) is 2.83. The second-order valence-electron chi connectivity index (χ2n) is 5.33. The van der Waals surface area contributed by atoms with Crippen LogP contribution in [0.2, 0.25) is 0 Å². The molecule has 4 nitrogen and oxygen atoms in total. The van der Waals surface area contributed by atoms with E-state index in [1.54, 1.807) is 6.92 Å². The van der Waals surface area contributed by atoms with Crippen LogP contribution in [0.25, 0.3) is 0 Å². The Morgan fingerprint density at radius 1 is 1.28 bits per heavy atom. The predicted octanol–water partition coefficient (Wildman–Crippen LogP) is 2.24. The Morgan fingerprint density at radius 3 is 2.39 bits per heavy atom. The Labute approximate surface area is 107 Å². The van der Waals surface area contributed by atoms with E-state index in [1.807, 2.05) is 13.8 Å². The summed E-state index contributed by atoms with van der Waals surface area (Å²) >= 11 is 0. The number of carbonyl (C=O) groups is 1. The van der Waals surface area contributed by atoms with Gasteiger partial charge in [-0.1, -0.05) is 12.8 Å². The summed E-state index contributed by atoms with van der Waals surface area (Å²) in [5, 5.41) is 13.0. The van der Waals surface area contributed by atoms with Crippen molar-refractivity contribution in [3.8, 4) is 0 Å². The molecule has 1 saturated carbocycles. The first-order valence-corrected chi connectivity index (χ1v) is 6.50. The van der Waals surface area contributed by atoms with E-state index in [-0.39, 0.29) is 5.91 Å². The van der Waals surface area contributed by atoms with Crippen LogP contribution in [-0.2, 0) is 0 Å². The minimum Gasteiger partial charge on any atom is -0.466 e. The summed E-state index contributed by atoms with van der Waals surface area (Å²) in [4.78, 5) is 12.1. The van der Waals surface area contributed by atoms with Crippen LogP contribution in [-0.4, -0.2) is 23.2 Å². The van der Waals surface area contributed by atoms with Crippen LogP contribution >= 0.6 is 0 Å². The van der Waals surface area contributed by atoms with Gasteiger partial charge in [0.1, 0.15) is 11.5 Å². The molecule has 1 aliphatic carbocycles. The van der Waals surface area contributed by atoms with Crippen LogP contribution in [0.15, 0.2) is 4.42 Å². The van der Waals surface area contributed by atoms with Gasteiger partial charge in [0.15, 0.2) is 0 Å². The lowest BCUT2D eigenvalue weighted by atomic mass is 10.0. The number of rotatable bonds is 3. The molecular formula is C14H21NO3. The van der Waals surface area contributed by atoms with Crippen LogP contribution < -0.4 is 5.32 Å². The molecule has 1 heterocycles. The topological polar surface area (TPSA) is 62.5 Å². The maximum atomic E-state index is 12.1. The number of carbonyl (C=O) groups excluding carboxylic acids is 1. The van der Waals surface area contributed by atoms with Gasteiger partial charge in [0.2, 0.25) is 0 Å². The van der Waals surface area contributed by atoms with E-state index in [4.69, 9.17) is 4.42 Å². The standard InChI is InChI=1S/C14H21NO3/c1-9-10(2)18-11(3)12(9)13(16)15-8-14(17)6-4-5-7-14/h17H,4-8H2,1-3H3,(H,15,16). The number of hydrogen-bond acceptors (Lipinski definition) is 3. The molecule has 0 aliphatic heterocycles. The van der Waals surface area contributed by atoms with Crippen LogP contribution in [0.4, 0.5) is 0 Å². The lowest BCUT2D eigenvalue weighted by molar-refractivity contribution is 0.0449. The molecule has 0 spiro atoms. The van der Waals surface area contributed by atoms with Crippen molar-refractivity contribution in [2.45, 2.75) is 52.1 Å². The summed E-state index contributed by atoms with van der Waals surface area (Å²) in [7, 11) is 0. The van der Waals surface area contributed by atoms with E-state index in [0.29, 0.717) is 17.9 Å². The zero-order valence-electron chi connectivity index (χ0n) is 11.3. The van der Waals surface area contributed by atoms with Gasteiger partial charge in [-0.3, -0.25) is 4.79 Å². The van der Waals surface area contributed by atoms with Crippen molar-refractivity contribution in [2.75, 3.05) is 6.54 Å².